The van der Waals surface area contributed by atoms with Gasteiger partial charge < -0.3 is 15.2 Å². The van der Waals surface area contributed by atoms with Crippen molar-refractivity contribution in [1.82, 2.24) is 20.8 Å². The van der Waals surface area contributed by atoms with Crippen LogP contribution in [0.4, 0.5) is 13.2 Å². The van der Waals surface area contributed by atoms with E-state index in [1.807, 2.05) is 16.8 Å². The number of amides is 2. The van der Waals surface area contributed by atoms with Gasteiger partial charge in [0, 0.05) is 23.8 Å². The Kier molecular flexibility index (Phi) is 5.90. The van der Waals surface area contributed by atoms with Crippen LogP contribution in [0.1, 0.15) is 12.3 Å². The lowest BCUT2D eigenvalue weighted by molar-refractivity contribution is -0.138. The van der Waals surface area contributed by atoms with Gasteiger partial charge in [0.25, 0.3) is 0 Å². The summed E-state index contributed by atoms with van der Waals surface area (Å²) in [6.07, 6.45) is -4.36. The van der Waals surface area contributed by atoms with E-state index in [2.05, 4.69) is 15.5 Å². The van der Waals surface area contributed by atoms with E-state index in [4.69, 9.17) is 4.52 Å². The summed E-state index contributed by atoms with van der Waals surface area (Å²) in [4.78, 5) is 26.8. The van der Waals surface area contributed by atoms with Crippen molar-refractivity contribution in [2.24, 2.45) is 0 Å². The fourth-order valence-corrected chi connectivity index (χ4v) is 2.25. The van der Waals surface area contributed by atoms with Crippen LogP contribution in [0.15, 0.2) is 21.3 Å². The van der Waals surface area contributed by atoms with E-state index in [9.17, 15) is 22.8 Å². The minimum Gasteiger partial charge on any atom is -0.347 e. The number of nitrogens with zero attached hydrogens (tertiary/aromatic N) is 2. The summed E-state index contributed by atoms with van der Waals surface area (Å²) in [5.74, 6) is -0.753. The van der Waals surface area contributed by atoms with E-state index in [-0.39, 0.29) is 18.7 Å². The van der Waals surface area contributed by atoms with Gasteiger partial charge in [-0.3, -0.25) is 9.59 Å². The van der Waals surface area contributed by atoms with Crippen molar-refractivity contribution in [3.05, 3.63) is 22.7 Å². The molecule has 2 amide bonds. The molecule has 2 rings (SSSR count). The third-order valence-corrected chi connectivity index (χ3v) is 3.43. The number of nitrogens with one attached hydrogen (secondary N) is 2. The van der Waals surface area contributed by atoms with Gasteiger partial charge in [-0.15, -0.1) is 0 Å². The summed E-state index contributed by atoms with van der Waals surface area (Å²) in [7, 11) is 0. The van der Waals surface area contributed by atoms with E-state index in [1.165, 1.54) is 11.3 Å². The molecule has 0 unspecified atom stereocenters. The highest BCUT2D eigenvalue weighted by Crippen LogP contribution is 2.18. The van der Waals surface area contributed by atoms with E-state index in [1.54, 1.807) is 5.32 Å². The largest absolute Gasteiger partial charge is 0.405 e. The van der Waals surface area contributed by atoms with Gasteiger partial charge in [0.2, 0.25) is 23.5 Å². The van der Waals surface area contributed by atoms with E-state index >= 15 is 0 Å². The van der Waals surface area contributed by atoms with Gasteiger partial charge in [-0.25, -0.2) is 0 Å². The minimum atomic E-state index is -4.49. The van der Waals surface area contributed by atoms with E-state index < -0.39 is 31.1 Å². The maximum atomic E-state index is 11.9. The SMILES string of the molecule is O=C(CCc1nc(-c2ccsc2)no1)NCC(=O)NCC(F)(F)F. The summed E-state index contributed by atoms with van der Waals surface area (Å²) >= 11 is 1.48. The predicted octanol–water partition coefficient (Wildman–Crippen LogP) is 1.53. The predicted molar refractivity (Wildman–Crippen MR) is 78.0 cm³/mol. The Morgan fingerprint density at radius 2 is 2.04 bits per heavy atom. The van der Waals surface area contributed by atoms with Gasteiger partial charge >= 0.3 is 6.18 Å². The van der Waals surface area contributed by atoms with Crippen LogP contribution in [0, 0.1) is 0 Å². The Morgan fingerprint density at radius 1 is 1.25 bits per heavy atom. The van der Waals surface area contributed by atoms with Crippen molar-refractivity contribution in [2.75, 3.05) is 13.1 Å². The molecule has 0 atom stereocenters. The van der Waals surface area contributed by atoms with Gasteiger partial charge in [0.05, 0.1) is 6.54 Å². The van der Waals surface area contributed by atoms with Gasteiger partial charge in [0.1, 0.15) is 6.54 Å². The number of carbonyl (C=O) groups is 2. The van der Waals surface area contributed by atoms with Gasteiger partial charge in [-0.05, 0) is 11.4 Å². The van der Waals surface area contributed by atoms with Crippen LogP contribution in [0.25, 0.3) is 11.4 Å². The Morgan fingerprint density at radius 3 is 2.71 bits per heavy atom. The molecular formula is C13H13F3N4O3S. The molecule has 2 aromatic rings. The average Bonchev–Trinajstić information content (AvgIpc) is 3.18. The molecule has 0 radical (unpaired) electrons. The molecule has 0 aliphatic carbocycles. The molecule has 2 aromatic heterocycles. The highest BCUT2D eigenvalue weighted by atomic mass is 32.1. The number of aryl methyl sites for hydroxylation is 1. The van der Waals surface area contributed by atoms with E-state index in [0.717, 1.165) is 5.56 Å². The van der Waals surface area contributed by atoms with Crippen LogP contribution in [-0.2, 0) is 16.0 Å². The topological polar surface area (TPSA) is 97.1 Å². The molecule has 0 saturated heterocycles. The first-order chi connectivity index (χ1) is 11.3. The Hall–Kier alpha value is -2.43. The maximum absolute atomic E-state index is 11.9. The number of aromatic nitrogens is 2. The number of hydrogen-bond donors (Lipinski definition) is 2. The molecule has 7 nitrogen and oxygen atoms in total. The van der Waals surface area contributed by atoms with Crippen molar-refractivity contribution >= 4 is 23.2 Å². The zero-order valence-corrected chi connectivity index (χ0v) is 13.0. The van der Waals surface area contributed by atoms with Crippen LogP contribution in [0.5, 0.6) is 0 Å². The van der Waals surface area contributed by atoms with Crippen LogP contribution < -0.4 is 10.6 Å². The second-order valence-corrected chi connectivity index (χ2v) is 5.47. The first kappa shape index (κ1) is 17.9. The smallest absolute Gasteiger partial charge is 0.347 e. The molecule has 0 spiro atoms. The highest BCUT2D eigenvalue weighted by Gasteiger charge is 2.27. The van der Waals surface area contributed by atoms with Crippen LogP contribution in [-0.4, -0.2) is 41.2 Å². The third-order valence-electron chi connectivity index (χ3n) is 2.75. The number of rotatable bonds is 7. The quantitative estimate of drug-likeness (QED) is 0.778. The lowest BCUT2D eigenvalue weighted by Crippen LogP contribution is -2.40. The molecule has 0 aliphatic rings. The van der Waals surface area contributed by atoms with Crippen LogP contribution in [0.2, 0.25) is 0 Å². The fraction of sp³-hybridized carbons (Fsp3) is 0.385. The Bertz CT molecular complexity index is 685. The molecule has 130 valence electrons. The van der Waals surface area contributed by atoms with Crippen molar-refractivity contribution in [3.63, 3.8) is 0 Å². The number of hydrogen-bond acceptors (Lipinski definition) is 6. The fourth-order valence-electron chi connectivity index (χ4n) is 1.61. The van der Waals surface area contributed by atoms with Gasteiger partial charge in [-0.1, -0.05) is 5.16 Å². The molecule has 0 aromatic carbocycles. The molecule has 2 heterocycles. The lowest BCUT2D eigenvalue weighted by atomic mass is 10.3. The normalized spacial score (nSPS) is 11.3. The summed E-state index contributed by atoms with van der Waals surface area (Å²) in [5.41, 5.74) is 0.806. The zero-order chi connectivity index (χ0) is 17.6. The molecule has 0 fully saturated rings. The van der Waals surface area contributed by atoms with Crippen LogP contribution in [0.3, 0.4) is 0 Å². The van der Waals surface area contributed by atoms with Crippen molar-refractivity contribution in [2.45, 2.75) is 19.0 Å². The third kappa shape index (κ3) is 5.99. The molecule has 24 heavy (non-hydrogen) atoms. The van der Waals surface area contributed by atoms with Crippen molar-refractivity contribution in [3.8, 4) is 11.4 Å². The Balaban J connectivity index is 1.69. The number of halogens is 3. The van der Waals surface area contributed by atoms with Crippen molar-refractivity contribution < 1.29 is 27.3 Å². The molecule has 0 saturated carbocycles. The molecule has 11 heteroatoms. The first-order valence-electron chi connectivity index (χ1n) is 6.79. The van der Waals surface area contributed by atoms with Gasteiger partial charge in [0.15, 0.2) is 0 Å². The lowest BCUT2D eigenvalue weighted by Gasteiger charge is -2.08. The highest BCUT2D eigenvalue weighted by molar-refractivity contribution is 7.08. The van der Waals surface area contributed by atoms with E-state index in [0.29, 0.717) is 5.82 Å². The molecule has 0 aliphatic heterocycles. The second kappa shape index (κ2) is 7.90. The van der Waals surface area contributed by atoms with Crippen LogP contribution >= 0.6 is 11.3 Å². The summed E-state index contributed by atoms with van der Waals surface area (Å²) in [6, 6.07) is 1.82. The number of alkyl halides is 3. The maximum Gasteiger partial charge on any atom is 0.405 e. The van der Waals surface area contributed by atoms with Crippen molar-refractivity contribution in [1.29, 1.82) is 0 Å². The molecular weight excluding hydrogens is 349 g/mol. The Labute approximate surface area is 138 Å². The summed E-state index contributed by atoms with van der Waals surface area (Å²) in [6.45, 7) is -1.96. The molecule has 2 N–H and O–H groups in total. The average molecular weight is 362 g/mol. The summed E-state index contributed by atoms with van der Waals surface area (Å²) < 4.78 is 40.7. The second-order valence-electron chi connectivity index (χ2n) is 4.69. The first-order valence-corrected chi connectivity index (χ1v) is 7.73. The number of thiophene rings is 1. The molecule has 0 bridgehead atoms. The monoisotopic (exact) mass is 362 g/mol. The standard InChI is InChI=1S/C13H13F3N4O3S/c14-13(15,16)7-18-10(22)5-17-9(21)1-2-11-19-12(20-23-11)8-3-4-24-6-8/h3-4,6H,1-2,5,7H2,(H,17,21)(H,18,22). The van der Waals surface area contributed by atoms with Gasteiger partial charge in [-0.2, -0.15) is 29.5 Å². The summed E-state index contributed by atoms with van der Waals surface area (Å²) in [5, 5.41) is 11.4. The minimum absolute atomic E-state index is 0.0299. The number of carbonyl (C=O) groups excluding carboxylic acids is 2. The zero-order valence-electron chi connectivity index (χ0n) is 12.2.